The lowest BCUT2D eigenvalue weighted by Crippen LogP contribution is -2.45. The fraction of sp³-hybridized carbons (Fsp3) is 0.700. The van der Waals surface area contributed by atoms with E-state index in [0.717, 1.165) is 70.8 Å². The molecule has 0 atom stereocenters. The van der Waals surface area contributed by atoms with Gasteiger partial charge in [0.1, 0.15) is 12.4 Å². The topological polar surface area (TPSA) is 41.7 Å². The third-order valence-electron chi connectivity index (χ3n) is 5.09. The molecule has 4 heteroatoms. The Morgan fingerprint density at radius 1 is 1.00 bits per heavy atom. The van der Waals surface area contributed by atoms with E-state index in [0.29, 0.717) is 0 Å². The summed E-state index contributed by atoms with van der Waals surface area (Å²) in [5.74, 6) is 0.947. The minimum absolute atomic E-state index is 0.193. The van der Waals surface area contributed by atoms with Crippen LogP contribution in [0.2, 0.25) is 0 Å². The molecule has 0 saturated carbocycles. The standard InChI is InChI=1S/C20H35N3O/c1-4-10-20(21,11-5-2)18-6-8-19(9-7-18)24-17-16-23-14-12-22(3)13-15-23/h6-9H,4-5,10-17,21H2,1-3H3. The molecule has 1 saturated heterocycles. The lowest BCUT2D eigenvalue weighted by atomic mass is 9.83. The molecular weight excluding hydrogens is 298 g/mol. The number of nitrogens with two attached hydrogens (primary N) is 1. The highest BCUT2D eigenvalue weighted by molar-refractivity contribution is 5.31. The molecular formula is C20H35N3O. The van der Waals surface area contributed by atoms with E-state index in [1.54, 1.807) is 0 Å². The van der Waals surface area contributed by atoms with Crippen LogP contribution in [0.4, 0.5) is 0 Å². The molecule has 1 heterocycles. The third kappa shape index (κ3) is 5.47. The van der Waals surface area contributed by atoms with E-state index >= 15 is 0 Å². The second-order valence-corrected chi connectivity index (χ2v) is 7.17. The van der Waals surface area contributed by atoms with E-state index in [9.17, 15) is 0 Å². The Bertz CT molecular complexity index is 460. The van der Waals surface area contributed by atoms with Crippen LogP contribution < -0.4 is 10.5 Å². The van der Waals surface area contributed by atoms with E-state index in [1.165, 1.54) is 5.56 Å². The predicted octanol–water partition coefficient (Wildman–Crippen LogP) is 3.07. The summed E-state index contributed by atoms with van der Waals surface area (Å²) in [7, 11) is 2.18. The average molecular weight is 334 g/mol. The summed E-state index contributed by atoms with van der Waals surface area (Å²) in [4.78, 5) is 4.85. The van der Waals surface area contributed by atoms with Crippen LogP contribution in [0.25, 0.3) is 0 Å². The first-order valence-corrected chi connectivity index (χ1v) is 9.50. The van der Waals surface area contributed by atoms with Crippen LogP contribution in [0, 0.1) is 0 Å². The zero-order valence-electron chi connectivity index (χ0n) is 15.8. The van der Waals surface area contributed by atoms with Crippen LogP contribution in [-0.4, -0.2) is 56.2 Å². The second kappa shape index (κ2) is 9.40. The van der Waals surface area contributed by atoms with Gasteiger partial charge in [0.05, 0.1) is 0 Å². The Morgan fingerprint density at radius 2 is 1.58 bits per heavy atom. The number of likely N-dealkylation sites (N-methyl/N-ethyl adjacent to an activating group) is 1. The van der Waals surface area contributed by atoms with E-state index in [4.69, 9.17) is 10.5 Å². The van der Waals surface area contributed by atoms with Crippen LogP contribution in [0.3, 0.4) is 0 Å². The average Bonchev–Trinajstić information content (AvgIpc) is 2.58. The van der Waals surface area contributed by atoms with Gasteiger partial charge in [0.2, 0.25) is 0 Å². The summed E-state index contributed by atoms with van der Waals surface area (Å²) in [5, 5.41) is 0. The maximum absolute atomic E-state index is 6.65. The third-order valence-corrected chi connectivity index (χ3v) is 5.09. The fourth-order valence-corrected chi connectivity index (χ4v) is 3.55. The van der Waals surface area contributed by atoms with Gasteiger partial charge in [-0.15, -0.1) is 0 Å². The highest BCUT2D eigenvalue weighted by Crippen LogP contribution is 2.30. The van der Waals surface area contributed by atoms with Gasteiger partial charge in [-0.05, 0) is 37.6 Å². The predicted molar refractivity (Wildman–Crippen MR) is 102 cm³/mol. The SMILES string of the molecule is CCCC(N)(CCC)c1ccc(OCCN2CCN(C)CC2)cc1. The van der Waals surface area contributed by atoms with Gasteiger partial charge in [0.15, 0.2) is 0 Å². The zero-order valence-corrected chi connectivity index (χ0v) is 15.8. The molecule has 2 N–H and O–H groups in total. The van der Waals surface area contributed by atoms with Gasteiger partial charge >= 0.3 is 0 Å². The number of piperazine rings is 1. The molecule has 1 aliphatic rings. The molecule has 0 radical (unpaired) electrons. The number of nitrogens with zero attached hydrogens (tertiary/aromatic N) is 2. The Morgan fingerprint density at radius 3 is 2.12 bits per heavy atom. The molecule has 4 nitrogen and oxygen atoms in total. The van der Waals surface area contributed by atoms with Gasteiger partial charge in [-0.1, -0.05) is 38.8 Å². The van der Waals surface area contributed by atoms with Crippen LogP contribution in [-0.2, 0) is 5.54 Å². The summed E-state index contributed by atoms with van der Waals surface area (Å²) >= 11 is 0. The smallest absolute Gasteiger partial charge is 0.119 e. The Labute approximate surface area is 148 Å². The van der Waals surface area contributed by atoms with Crippen molar-refractivity contribution in [3.05, 3.63) is 29.8 Å². The molecule has 0 unspecified atom stereocenters. The van der Waals surface area contributed by atoms with Gasteiger partial charge in [-0.3, -0.25) is 4.90 Å². The summed E-state index contributed by atoms with van der Waals surface area (Å²) in [6, 6.07) is 8.45. The largest absolute Gasteiger partial charge is 0.492 e. The Kier molecular flexibility index (Phi) is 7.53. The van der Waals surface area contributed by atoms with E-state index in [2.05, 4.69) is 55.0 Å². The lowest BCUT2D eigenvalue weighted by Gasteiger charge is -2.32. The van der Waals surface area contributed by atoms with Crippen LogP contribution >= 0.6 is 0 Å². The first-order chi connectivity index (χ1) is 11.6. The molecule has 24 heavy (non-hydrogen) atoms. The minimum atomic E-state index is -0.193. The van der Waals surface area contributed by atoms with Crippen molar-refractivity contribution in [3.63, 3.8) is 0 Å². The summed E-state index contributed by atoms with van der Waals surface area (Å²) in [6.07, 6.45) is 4.29. The monoisotopic (exact) mass is 333 g/mol. The number of rotatable bonds is 9. The van der Waals surface area contributed by atoms with Crippen LogP contribution in [0.5, 0.6) is 5.75 Å². The maximum atomic E-state index is 6.65. The number of ether oxygens (including phenoxy) is 1. The van der Waals surface area contributed by atoms with Gasteiger partial charge in [0.25, 0.3) is 0 Å². The lowest BCUT2D eigenvalue weighted by molar-refractivity contribution is 0.133. The van der Waals surface area contributed by atoms with Gasteiger partial charge in [-0.25, -0.2) is 0 Å². The number of hydrogen-bond donors (Lipinski definition) is 1. The Hall–Kier alpha value is -1.10. The zero-order chi connectivity index (χ0) is 17.4. The van der Waals surface area contributed by atoms with Crippen molar-refractivity contribution >= 4 is 0 Å². The van der Waals surface area contributed by atoms with Crippen molar-refractivity contribution in [1.29, 1.82) is 0 Å². The van der Waals surface area contributed by atoms with Gasteiger partial charge in [0, 0.05) is 38.3 Å². The molecule has 1 aromatic rings. The summed E-state index contributed by atoms with van der Waals surface area (Å²) in [5.41, 5.74) is 7.69. The normalized spacial score (nSPS) is 17.2. The van der Waals surface area contributed by atoms with Crippen molar-refractivity contribution in [1.82, 2.24) is 9.80 Å². The highest BCUT2D eigenvalue weighted by Gasteiger charge is 2.25. The van der Waals surface area contributed by atoms with E-state index < -0.39 is 0 Å². The van der Waals surface area contributed by atoms with Crippen molar-refractivity contribution in [3.8, 4) is 5.75 Å². The van der Waals surface area contributed by atoms with E-state index in [-0.39, 0.29) is 5.54 Å². The maximum Gasteiger partial charge on any atom is 0.119 e. The molecule has 1 aromatic carbocycles. The quantitative estimate of drug-likeness (QED) is 0.754. The molecule has 2 rings (SSSR count). The minimum Gasteiger partial charge on any atom is -0.492 e. The second-order valence-electron chi connectivity index (χ2n) is 7.17. The molecule has 1 fully saturated rings. The molecule has 0 aliphatic carbocycles. The summed E-state index contributed by atoms with van der Waals surface area (Å²) < 4.78 is 5.93. The summed E-state index contributed by atoms with van der Waals surface area (Å²) in [6.45, 7) is 10.7. The van der Waals surface area contributed by atoms with Gasteiger partial charge in [-0.2, -0.15) is 0 Å². The Balaban J connectivity index is 1.83. The molecule has 0 aromatic heterocycles. The van der Waals surface area contributed by atoms with E-state index in [1.807, 2.05) is 0 Å². The van der Waals surface area contributed by atoms with Gasteiger partial charge < -0.3 is 15.4 Å². The molecule has 136 valence electrons. The van der Waals surface area contributed by atoms with Crippen molar-refractivity contribution < 1.29 is 4.74 Å². The first kappa shape index (κ1) is 19.2. The fourth-order valence-electron chi connectivity index (χ4n) is 3.55. The van der Waals surface area contributed by atoms with Crippen molar-refractivity contribution in [2.24, 2.45) is 5.73 Å². The number of benzene rings is 1. The molecule has 1 aliphatic heterocycles. The number of hydrogen-bond acceptors (Lipinski definition) is 4. The highest BCUT2D eigenvalue weighted by atomic mass is 16.5. The van der Waals surface area contributed by atoms with Crippen molar-refractivity contribution in [2.75, 3.05) is 46.4 Å². The molecule has 0 bridgehead atoms. The molecule has 0 amide bonds. The van der Waals surface area contributed by atoms with Crippen molar-refractivity contribution in [2.45, 2.75) is 45.1 Å². The molecule has 0 spiro atoms. The van der Waals surface area contributed by atoms with Crippen LogP contribution in [0.1, 0.15) is 45.1 Å². The van der Waals surface area contributed by atoms with Crippen LogP contribution in [0.15, 0.2) is 24.3 Å². The first-order valence-electron chi connectivity index (χ1n) is 9.50.